The van der Waals surface area contributed by atoms with Crippen LogP contribution in [0, 0.1) is 5.92 Å². The fourth-order valence-electron chi connectivity index (χ4n) is 1.34. The summed E-state index contributed by atoms with van der Waals surface area (Å²) in [6.07, 6.45) is 1.22. The van der Waals surface area contributed by atoms with E-state index in [0.717, 1.165) is 5.92 Å². The molecule has 1 aromatic heterocycles. The maximum Gasteiger partial charge on any atom is 0.0414 e. The van der Waals surface area contributed by atoms with Gasteiger partial charge in [-0.3, -0.25) is 0 Å². The highest BCUT2D eigenvalue weighted by Gasteiger charge is 2.11. The second-order valence-corrected chi connectivity index (χ2v) is 4.47. The molecule has 1 atom stereocenters. The van der Waals surface area contributed by atoms with Crippen LogP contribution in [0.25, 0.3) is 0 Å². The molecule has 0 aromatic carbocycles. The molecule has 0 saturated heterocycles. The number of hydrogen-bond acceptors (Lipinski definition) is 2. The Morgan fingerprint density at radius 3 is 2.67 bits per heavy atom. The van der Waals surface area contributed by atoms with Crippen LogP contribution in [0.5, 0.6) is 0 Å². The topological polar surface area (TPSA) is 12.0 Å². The lowest BCUT2D eigenvalue weighted by Gasteiger charge is -2.16. The molecule has 1 heterocycles. The normalized spacial score (nSPS) is 13.7. The van der Waals surface area contributed by atoms with Crippen LogP contribution in [0.3, 0.4) is 0 Å². The smallest absolute Gasteiger partial charge is 0.0414 e. The molecule has 68 valence electrons. The predicted molar refractivity (Wildman–Crippen MR) is 55.6 cm³/mol. The molecular weight excluding hydrogens is 166 g/mol. The van der Waals surface area contributed by atoms with E-state index in [9.17, 15) is 0 Å². The van der Waals surface area contributed by atoms with Crippen LogP contribution in [0.1, 0.15) is 31.2 Å². The van der Waals surface area contributed by atoms with Gasteiger partial charge >= 0.3 is 0 Å². The van der Waals surface area contributed by atoms with Gasteiger partial charge in [0.05, 0.1) is 0 Å². The number of thiophene rings is 1. The molecule has 0 aliphatic rings. The summed E-state index contributed by atoms with van der Waals surface area (Å²) in [4.78, 5) is 1.45. The van der Waals surface area contributed by atoms with Gasteiger partial charge in [0.15, 0.2) is 0 Å². The maximum atomic E-state index is 3.35. The van der Waals surface area contributed by atoms with Gasteiger partial charge in [0.2, 0.25) is 0 Å². The van der Waals surface area contributed by atoms with Crippen molar-refractivity contribution in [1.82, 2.24) is 5.32 Å². The first-order valence-corrected chi connectivity index (χ1v) is 5.32. The van der Waals surface area contributed by atoms with Gasteiger partial charge in [-0.2, -0.15) is 0 Å². The van der Waals surface area contributed by atoms with E-state index in [0.29, 0.717) is 6.04 Å². The predicted octanol–water partition coefficient (Wildman–Crippen LogP) is 3.05. The molecule has 0 radical (unpaired) electrons. The van der Waals surface area contributed by atoms with E-state index in [1.165, 1.54) is 11.3 Å². The molecule has 2 heteroatoms. The van der Waals surface area contributed by atoms with Crippen LogP contribution in [0.15, 0.2) is 17.5 Å². The number of nitrogens with one attached hydrogen (secondary N) is 1. The highest BCUT2D eigenvalue weighted by molar-refractivity contribution is 7.10. The third-order valence-electron chi connectivity index (χ3n) is 1.94. The van der Waals surface area contributed by atoms with Crippen molar-refractivity contribution in [3.8, 4) is 0 Å². The molecule has 1 nitrogen and oxygen atoms in total. The summed E-state index contributed by atoms with van der Waals surface area (Å²) in [5.74, 6) is 0.754. The first kappa shape index (κ1) is 9.75. The van der Waals surface area contributed by atoms with Gasteiger partial charge in [-0.15, -0.1) is 11.3 Å². The van der Waals surface area contributed by atoms with Crippen molar-refractivity contribution in [3.05, 3.63) is 22.4 Å². The van der Waals surface area contributed by atoms with Crippen LogP contribution in [-0.2, 0) is 0 Å². The lowest BCUT2D eigenvalue weighted by atomic mass is 10.0. The Kier molecular flexibility index (Phi) is 3.76. The summed E-state index contributed by atoms with van der Waals surface area (Å²) in [6, 6.07) is 4.86. The van der Waals surface area contributed by atoms with Crippen molar-refractivity contribution in [1.29, 1.82) is 0 Å². The van der Waals surface area contributed by atoms with Gasteiger partial charge in [0.25, 0.3) is 0 Å². The van der Waals surface area contributed by atoms with E-state index in [-0.39, 0.29) is 0 Å². The molecule has 0 aliphatic heterocycles. The molecule has 1 aromatic rings. The van der Waals surface area contributed by atoms with E-state index in [4.69, 9.17) is 0 Å². The molecule has 1 N–H and O–H groups in total. The summed E-state index contributed by atoms with van der Waals surface area (Å²) in [7, 11) is 2.03. The zero-order valence-corrected chi connectivity index (χ0v) is 8.82. The molecule has 0 bridgehead atoms. The molecule has 0 saturated carbocycles. The van der Waals surface area contributed by atoms with E-state index >= 15 is 0 Å². The van der Waals surface area contributed by atoms with Crippen molar-refractivity contribution in [2.24, 2.45) is 5.92 Å². The van der Waals surface area contributed by atoms with Gasteiger partial charge in [-0.1, -0.05) is 19.9 Å². The number of hydrogen-bond donors (Lipinski definition) is 1. The fraction of sp³-hybridized carbons (Fsp3) is 0.600. The van der Waals surface area contributed by atoms with E-state index in [2.05, 4.69) is 36.7 Å². The Bertz CT molecular complexity index is 204. The average molecular weight is 183 g/mol. The van der Waals surface area contributed by atoms with Crippen molar-refractivity contribution in [2.45, 2.75) is 26.3 Å². The van der Waals surface area contributed by atoms with E-state index in [1.807, 2.05) is 18.4 Å². The summed E-state index contributed by atoms with van der Waals surface area (Å²) in [6.45, 7) is 4.52. The molecule has 0 fully saturated rings. The molecule has 1 rings (SSSR count). The maximum absolute atomic E-state index is 3.35. The summed E-state index contributed by atoms with van der Waals surface area (Å²) in [5.41, 5.74) is 0. The minimum atomic E-state index is 0.546. The summed E-state index contributed by atoms with van der Waals surface area (Å²) < 4.78 is 0. The van der Waals surface area contributed by atoms with Gasteiger partial charge in [0, 0.05) is 10.9 Å². The highest BCUT2D eigenvalue weighted by Crippen LogP contribution is 2.24. The Labute approximate surface area is 78.8 Å². The van der Waals surface area contributed by atoms with Crippen LogP contribution < -0.4 is 5.32 Å². The molecular formula is C10H17NS. The molecule has 0 aliphatic carbocycles. The highest BCUT2D eigenvalue weighted by atomic mass is 32.1. The van der Waals surface area contributed by atoms with Crippen molar-refractivity contribution >= 4 is 11.3 Å². The van der Waals surface area contributed by atoms with E-state index < -0.39 is 0 Å². The van der Waals surface area contributed by atoms with Crippen LogP contribution in [0.4, 0.5) is 0 Å². The largest absolute Gasteiger partial charge is 0.312 e. The van der Waals surface area contributed by atoms with Gasteiger partial charge in [-0.25, -0.2) is 0 Å². The van der Waals surface area contributed by atoms with Crippen LogP contribution >= 0.6 is 11.3 Å². The van der Waals surface area contributed by atoms with Gasteiger partial charge in [0.1, 0.15) is 0 Å². The molecule has 0 spiro atoms. The minimum Gasteiger partial charge on any atom is -0.312 e. The Hall–Kier alpha value is -0.340. The van der Waals surface area contributed by atoms with E-state index in [1.54, 1.807) is 0 Å². The fourth-order valence-corrected chi connectivity index (χ4v) is 2.19. The summed E-state index contributed by atoms with van der Waals surface area (Å²) >= 11 is 1.84. The standard InChI is InChI=1S/C10H17NS/c1-8(2)7-9(11-3)10-5-4-6-12-10/h4-6,8-9,11H,7H2,1-3H3. The lowest BCUT2D eigenvalue weighted by Crippen LogP contribution is -2.16. The quantitative estimate of drug-likeness (QED) is 0.756. The first-order valence-electron chi connectivity index (χ1n) is 4.44. The third kappa shape index (κ3) is 2.61. The minimum absolute atomic E-state index is 0.546. The van der Waals surface area contributed by atoms with Crippen LogP contribution in [-0.4, -0.2) is 7.05 Å². The molecule has 0 amide bonds. The Balaban J connectivity index is 2.57. The van der Waals surface area contributed by atoms with Crippen molar-refractivity contribution in [3.63, 3.8) is 0 Å². The number of rotatable bonds is 4. The monoisotopic (exact) mass is 183 g/mol. The zero-order valence-electron chi connectivity index (χ0n) is 8.00. The first-order chi connectivity index (χ1) is 5.74. The second-order valence-electron chi connectivity index (χ2n) is 3.49. The third-order valence-corrected chi connectivity index (χ3v) is 2.93. The van der Waals surface area contributed by atoms with Crippen molar-refractivity contribution in [2.75, 3.05) is 7.05 Å². The zero-order chi connectivity index (χ0) is 8.97. The summed E-state index contributed by atoms with van der Waals surface area (Å²) in [5, 5.41) is 5.49. The van der Waals surface area contributed by atoms with Gasteiger partial charge in [-0.05, 0) is 30.8 Å². The molecule has 1 unspecified atom stereocenters. The van der Waals surface area contributed by atoms with Crippen molar-refractivity contribution < 1.29 is 0 Å². The second kappa shape index (κ2) is 4.63. The molecule has 12 heavy (non-hydrogen) atoms. The lowest BCUT2D eigenvalue weighted by molar-refractivity contribution is 0.462. The van der Waals surface area contributed by atoms with Crippen LogP contribution in [0.2, 0.25) is 0 Å². The Morgan fingerprint density at radius 2 is 2.25 bits per heavy atom. The average Bonchev–Trinajstić information content (AvgIpc) is 2.51. The van der Waals surface area contributed by atoms with Gasteiger partial charge < -0.3 is 5.32 Å². The Morgan fingerprint density at radius 1 is 1.50 bits per heavy atom. The SMILES string of the molecule is CNC(CC(C)C)c1cccs1.